The van der Waals surface area contributed by atoms with E-state index in [1.807, 2.05) is 12.1 Å². The van der Waals surface area contributed by atoms with Crippen LogP contribution in [0.2, 0.25) is 5.02 Å². The molecule has 1 heterocycles. The SMILES string of the molecule is CCN1CCCC1CN(C)c1ccc(C(N)=NO)c(Cl)c1. The van der Waals surface area contributed by atoms with Crippen LogP contribution in [0.3, 0.4) is 0 Å². The van der Waals surface area contributed by atoms with Crippen LogP contribution in [0.5, 0.6) is 0 Å². The third-order valence-corrected chi connectivity index (χ3v) is 4.48. The molecule has 0 radical (unpaired) electrons. The first-order valence-corrected chi connectivity index (χ1v) is 7.67. The zero-order valence-electron chi connectivity index (χ0n) is 12.6. The Balaban J connectivity index is 2.09. The molecule has 1 aromatic rings. The fourth-order valence-electron chi connectivity index (χ4n) is 2.94. The van der Waals surface area contributed by atoms with E-state index in [4.69, 9.17) is 22.5 Å². The molecule has 0 amide bonds. The molecule has 21 heavy (non-hydrogen) atoms. The molecule has 0 bridgehead atoms. The van der Waals surface area contributed by atoms with Gasteiger partial charge in [0.1, 0.15) is 0 Å². The van der Waals surface area contributed by atoms with Crippen molar-refractivity contribution < 1.29 is 5.21 Å². The van der Waals surface area contributed by atoms with E-state index >= 15 is 0 Å². The molecule has 1 saturated heterocycles. The first-order chi connectivity index (χ1) is 10.1. The minimum absolute atomic E-state index is 0.0298. The fraction of sp³-hybridized carbons (Fsp3) is 0.533. The van der Waals surface area contributed by atoms with Gasteiger partial charge in [0.2, 0.25) is 0 Å². The molecule has 0 spiro atoms. The minimum Gasteiger partial charge on any atom is -0.409 e. The second-order valence-corrected chi connectivity index (χ2v) is 5.86. The Morgan fingerprint density at radius 2 is 2.33 bits per heavy atom. The van der Waals surface area contributed by atoms with Crippen LogP contribution in [0.15, 0.2) is 23.4 Å². The number of halogens is 1. The highest BCUT2D eigenvalue weighted by atomic mass is 35.5. The van der Waals surface area contributed by atoms with Gasteiger partial charge < -0.3 is 15.8 Å². The van der Waals surface area contributed by atoms with E-state index in [0.29, 0.717) is 16.6 Å². The fourth-order valence-corrected chi connectivity index (χ4v) is 3.21. The largest absolute Gasteiger partial charge is 0.409 e. The van der Waals surface area contributed by atoms with Gasteiger partial charge in [0.25, 0.3) is 0 Å². The lowest BCUT2D eigenvalue weighted by molar-refractivity contribution is 0.270. The molecule has 1 fully saturated rings. The third kappa shape index (κ3) is 3.60. The molecular weight excluding hydrogens is 288 g/mol. The first kappa shape index (κ1) is 15.9. The summed E-state index contributed by atoms with van der Waals surface area (Å²) in [5, 5.41) is 12.2. The Morgan fingerprint density at radius 3 is 2.95 bits per heavy atom. The number of oxime groups is 1. The van der Waals surface area contributed by atoms with Crippen molar-refractivity contribution in [2.45, 2.75) is 25.8 Å². The van der Waals surface area contributed by atoms with Crippen molar-refractivity contribution in [3.63, 3.8) is 0 Å². The van der Waals surface area contributed by atoms with Gasteiger partial charge in [-0.1, -0.05) is 23.7 Å². The molecular formula is C15H23ClN4O. The number of hydrogen-bond acceptors (Lipinski definition) is 4. The number of rotatable bonds is 5. The van der Waals surface area contributed by atoms with Crippen molar-refractivity contribution >= 4 is 23.1 Å². The lowest BCUT2D eigenvalue weighted by Crippen LogP contribution is -2.38. The quantitative estimate of drug-likeness (QED) is 0.379. The summed E-state index contributed by atoms with van der Waals surface area (Å²) < 4.78 is 0. The van der Waals surface area contributed by atoms with Gasteiger partial charge in [0, 0.05) is 30.9 Å². The van der Waals surface area contributed by atoms with Gasteiger partial charge in [-0.3, -0.25) is 4.90 Å². The average Bonchev–Trinajstić information content (AvgIpc) is 2.93. The van der Waals surface area contributed by atoms with Crippen molar-refractivity contribution in [3.8, 4) is 0 Å². The standard InChI is InChI=1S/C15H23ClN4O/c1-3-20-8-4-5-12(20)10-19(2)11-6-7-13(14(16)9-11)15(17)18-21/h6-7,9,12,21H,3-5,8,10H2,1-2H3,(H2,17,18). The van der Waals surface area contributed by atoms with Crippen LogP contribution in [-0.2, 0) is 0 Å². The molecule has 5 nitrogen and oxygen atoms in total. The molecule has 1 unspecified atom stereocenters. The Hall–Kier alpha value is -1.46. The summed E-state index contributed by atoms with van der Waals surface area (Å²) in [4.78, 5) is 4.73. The van der Waals surface area contributed by atoms with E-state index < -0.39 is 0 Å². The van der Waals surface area contributed by atoms with Crippen molar-refractivity contribution in [1.29, 1.82) is 0 Å². The highest BCUT2D eigenvalue weighted by Gasteiger charge is 2.24. The second-order valence-electron chi connectivity index (χ2n) is 5.45. The predicted molar refractivity (Wildman–Crippen MR) is 87.5 cm³/mol. The molecule has 6 heteroatoms. The maximum atomic E-state index is 8.73. The van der Waals surface area contributed by atoms with Gasteiger partial charge in [-0.25, -0.2) is 0 Å². The number of amidine groups is 1. The van der Waals surface area contributed by atoms with Crippen molar-refractivity contribution in [1.82, 2.24) is 4.90 Å². The molecule has 1 aliphatic heterocycles. The van der Waals surface area contributed by atoms with Crippen LogP contribution in [0.25, 0.3) is 0 Å². The Labute approximate surface area is 131 Å². The number of benzene rings is 1. The molecule has 0 aliphatic carbocycles. The molecule has 0 saturated carbocycles. The molecule has 0 aromatic heterocycles. The van der Waals surface area contributed by atoms with Crippen molar-refractivity contribution in [2.24, 2.45) is 10.9 Å². The zero-order valence-corrected chi connectivity index (χ0v) is 13.3. The van der Waals surface area contributed by atoms with E-state index in [1.165, 1.54) is 19.4 Å². The third-order valence-electron chi connectivity index (χ3n) is 4.17. The number of nitrogens with two attached hydrogens (primary N) is 1. The Kier molecular flexibility index (Phi) is 5.31. The average molecular weight is 311 g/mol. The monoisotopic (exact) mass is 310 g/mol. The van der Waals surface area contributed by atoms with Gasteiger partial charge >= 0.3 is 0 Å². The lowest BCUT2D eigenvalue weighted by atomic mass is 10.1. The molecule has 116 valence electrons. The predicted octanol–water partition coefficient (Wildman–Crippen LogP) is 2.36. The maximum Gasteiger partial charge on any atom is 0.171 e. The highest BCUT2D eigenvalue weighted by molar-refractivity contribution is 6.34. The summed E-state index contributed by atoms with van der Waals surface area (Å²) in [6, 6.07) is 6.20. The summed E-state index contributed by atoms with van der Waals surface area (Å²) >= 11 is 6.21. The van der Waals surface area contributed by atoms with E-state index in [0.717, 1.165) is 18.8 Å². The van der Waals surface area contributed by atoms with Crippen LogP contribution < -0.4 is 10.6 Å². The minimum atomic E-state index is 0.0298. The van der Waals surface area contributed by atoms with E-state index in [9.17, 15) is 0 Å². The first-order valence-electron chi connectivity index (χ1n) is 7.29. The molecule has 3 N–H and O–H groups in total. The Bertz CT molecular complexity index is 520. The van der Waals surface area contributed by atoms with Crippen LogP contribution in [0.4, 0.5) is 5.69 Å². The van der Waals surface area contributed by atoms with Crippen LogP contribution >= 0.6 is 11.6 Å². The number of likely N-dealkylation sites (tertiary alicyclic amines) is 1. The lowest BCUT2D eigenvalue weighted by Gasteiger charge is -2.29. The summed E-state index contributed by atoms with van der Waals surface area (Å²) in [6.07, 6.45) is 2.52. The summed E-state index contributed by atoms with van der Waals surface area (Å²) in [6.45, 7) is 5.48. The number of anilines is 1. The number of hydrogen-bond donors (Lipinski definition) is 2. The van der Waals surface area contributed by atoms with Gasteiger partial charge in [0.05, 0.1) is 5.02 Å². The summed E-state index contributed by atoms with van der Waals surface area (Å²) in [7, 11) is 2.07. The molecule has 1 atom stereocenters. The smallest absolute Gasteiger partial charge is 0.171 e. The molecule has 1 aliphatic rings. The van der Waals surface area contributed by atoms with Gasteiger partial charge in [0.15, 0.2) is 5.84 Å². The van der Waals surface area contributed by atoms with E-state index in [2.05, 4.69) is 28.9 Å². The van der Waals surface area contributed by atoms with Gasteiger partial charge in [-0.15, -0.1) is 0 Å². The van der Waals surface area contributed by atoms with E-state index in [1.54, 1.807) is 6.07 Å². The highest BCUT2D eigenvalue weighted by Crippen LogP contribution is 2.25. The zero-order chi connectivity index (χ0) is 15.4. The molecule has 2 rings (SSSR count). The normalized spacial score (nSPS) is 20.0. The maximum absolute atomic E-state index is 8.73. The van der Waals surface area contributed by atoms with Crippen molar-refractivity contribution in [3.05, 3.63) is 28.8 Å². The molecule has 1 aromatic carbocycles. The Morgan fingerprint density at radius 1 is 1.57 bits per heavy atom. The second kappa shape index (κ2) is 7.00. The number of nitrogens with zero attached hydrogens (tertiary/aromatic N) is 3. The van der Waals surface area contributed by atoms with Crippen LogP contribution in [0, 0.1) is 0 Å². The summed E-state index contributed by atoms with van der Waals surface area (Å²) in [5.74, 6) is 0.0298. The summed E-state index contributed by atoms with van der Waals surface area (Å²) in [5.41, 5.74) is 7.17. The van der Waals surface area contributed by atoms with Crippen LogP contribution in [-0.4, -0.2) is 48.7 Å². The van der Waals surface area contributed by atoms with Gasteiger partial charge in [-0.2, -0.15) is 0 Å². The van der Waals surface area contributed by atoms with Crippen LogP contribution in [0.1, 0.15) is 25.3 Å². The van der Waals surface area contributed by atoms with Gasteiger partial charge in [-0.05, 0) is 44.1 Å². The topological polar surface area (TPSA) is 65.1 Å². The van der Waals surface area contributed by atoms with Crippen molar-refractivity contribution in [2.75, 3.05) is 31.6 Å². The van der Waals surface area contributed by atoms with E-state index in [-0.39, 0.29) is 5.84 Å². The number of likely N-dealkylation sites (N-methyl/N-ethyl adjacent to an activating group) is 2.